The van der Waals surface area contributed by atoms with Gasteiger partial charge in [0.1, 0.15) is 0 Å². The van der Waals surface area contributed by atoms with Crippen LogP contribution in [0.4, 0.5) is 0 Å². The molecule has 15 heavy (non-hydrogen) atoms. The van der Waals surface area contributed by atoms with Gasteiger partial charge in [-0.3, -0.25) is 0 Å². The number of hydrogen-bond donors (Lipinski definition) is 0. The van der Waals surface area contributed by atoms with Crippen molar-refractivity contribution in [1.82, 2.24) is 0 Å². The largest absolute Gasteiger partial charge is 0.0952 e. The van der Waals surface area contributed by atoms with Gasteiger partial charge in [-0.25, -0.2) is 0 Å². The van der Waals surface area contributed by atoms with Crippen LogP contribution in [-0.4, -0.2) is 0 Å². The summed E-state index contributed by atoms with van der Waals surface area (Å²) in [5.41, 5.74) is 3.83. The maximum Gasteiger partial charge on any atom is -0.0158 e. The first kappa shape index (κ1) is 11.8. The first-order chi connectivity index (χ1) is 7.29. The highest BCUT2D eigenvalue weighted by Crippen LogP contribution is 2.23. The molecule has 0 bridgehead atoms. The van der Waals surface area contributed by atoms with E-state index in [0.717, 1.165) is 6.42 Å². The summed E-state index contributed by atoms with van der Waals surface area (Å²) in [6.45, 7) is 8.43. The zero-order valence-electron chi connectivity index (χ0n) is 9.79. The third kappa shape index (κ3) is 3.39. The zero-order chi connectivity index (χ0) is 11.1. The van der Waals surface area contributed by atoms with Crippen molar-refractivity contribution < 1.29 is 0 Å². The lowest BCUT2D eigenvalue weighted by Gasteiger charge is -2.08. The van der Waals surface area contributed by atoms with Crippen molar-refractivity contribution in [2.45, 2.75) is 33.1 Å². The standard InChI is InChI=1S/C15H20/c1-4-6-10-13(3)15-12-8-7-11-14(15)9-5-2/h5,7-9,11-12H,3-4,6,10H2,1-2H3/b9-5-. The lowest BCUT2D eigenvalue weighted by atomic mass is 9.97. The van der Waals surface area contributed by atoms with E-state index in [1.165, 1.54) is 29.5 Å². The quantitative estimate of drug-likeness (QED) is 0.632. The van der Waals surface area contributed by atoms with E-state index in [0.29, 0.717) is 0 Å². The van der Waals surface area contributed by atoms with Crippen LogP contribution in [0, 0.1) is 0 Å². The molecule has 0 heterocycles. The second kappa shape index (κ2) is 6.23. The third-order valence-electron chi connectivity index (χ3n) is 2.52. The van der Waals surface area contributed by atoms with Gasteiger partial charge in [0.2, 0.25) is 0 Å². The minimum Gasteiger partial charge on any atom is -0.0952 e. The number of rotatable bonds is 5. The Bertz CT molecular complexity index is 345. The summed E-state index contributed by atoms with van der Waals surface area (Å²) in [4.78, 5) is 0. The van der Waals surface area contributed by atoms with Gasteiger partial charge in [0.25, 0.3) is 0 Å². The van der Waals surface area contributed by atoms with Crippen molar-refractivity contribution in [3.05, 3.63) is 48.0 Å². The molecular formula is C15H20. The highest BCUT2D eigenvalue weighted by atomic mass is 14.1. The van der Waals surface area contributed by atoms with E-state index in [2.05, 4.69) is 49.9 Å². The summed E-state index contributed by atoms with van der Waals surface area (Å²) < 4.78 is 0. The Balaban J connectivity index is 2.87. The molecule has 0 aromatic heterocycles. The molecule has 0 nitrogen and oxygen atoms in total. The maximum absolute atomic E-state index is 4.17. The van der Waals surface area contributed by atoms with E-state index in [-0.39, 0.29) is 0 Å². The fraction of sp³-hybridized carbons (Fsp3) is 0.333. The molecule has 0 aliphatic rings. The van der Waals surface area contributed by atoms with Gasteiger partial charge in [-0.05, 0) is 36.5 Å². The molecule has 0 atom stereocenters. The lowest BCUT2D eigenvalue weighted by Crippen LogP contribution is -1.87. The summed E-state index contributed by atoms with van der Waals surface area (Å²) in [5, 5.41) is 0. The van der Waals surface area contributed by atoms with E-state index >= 15 is 0 Å². The summed E-state index contributed by atoms with van der Waals surface area (Å²) in [5.74, 6) is 0. The number of allylic oxidation sites excluding steroid dienone is 2. The number of hydrogen-bond acceptors (Lipinski definition) is 0. The molecule has 1 aromatic carbocycles. The van der Waals surface area contributed by atoms with Gasteiger partial charge in [-0.15, -0.1) is 0 Å². The molecule has 1 rings (SSSR count). The third-order valence-corrected chi connectivity index (χ3v) is 2.52. The Morgan fingerprint density at radius 3 is 2.73 bits per heavy atom. The Hall–Kier alpha value is -1.30. The normalized spacial score (nSPS) is 10.8. The molecule has 0 amide bonds. The molecule has 0 aliphatic carbocycles. The summed E-state index contributed by atoms with van der Waals surface area (Å²) in [7, 11) is 0. The van der Waals surface area contributed by atoms with E-state index in [9.17, 15) is 0 Å². The molecule has 0 heteroatoms. The van der Waals surface area contributed by atoms with Crippen LogP contribution in [0.5, 0.6) is 0 Å². The van der Waals surface area contributed by atoms with Crippen molar-refractivity contribution in [3.8, 4) is 0 Å². The first-order valence-electron chi connectivity index (χ1n) is 5.69. The molecule has 0 N–H and O–H groups in total. The summed E-state index contributed by atoms with van der Waals surface area (Å²) in [6.07, 6.45) is 7.78. The van der Waals surface area contributed by atoms with Crippen molar-refractivity contribution in [3.63, 3.8) is 0 Å². The molecule has 0 unspecified atom stereocenters. The highest BCUT2D eigenvalue weighted by Gasteiger charge is 2.02. The molecular weight excluding hydrogens is 180 g/mol. The molecule has 0 radical (unpaired) electrons. The SMILES string of the molecule is C=C(CCCC)c1ccccc1/C=C\C. The predicted molar refractivity (Wildman–Crippen MR) is 69.7 cm³/mol. The van der Waals surface area contributed by atoms with Crippen LogP contribution < -0.4 is 0 Å². The predicted octanol–water partition coefficient (Wildman–Crippen LogP) is 4.92. The second-order valence-corrected chi connectivity index (χ2v) is 3.79. The molecule has 1 aromatic rings. The minimum atomic E-state index is 1.10. The van der Waals surface area contributed by atoms with E-state index in [1.54, 1.807) is 0 Å². The Morgan fingerprint density at radius 2 is 2.07 bits per heavy atom. The molecule has 0 aliphatic heterocycles. The molecule has 0 saturated carbocycles. The van der Waals surface area contributed by atoms with Gasteiger partial charge >= 0.3 is 0 Å². The fourth-order valence-corrected chi connectivity index (χ4v) is 1.67. The van der Waals surface area contributed by atoms with E-state index in [4.69, 9.17) is 0 Å². The number of benzene rings is 1. The lowest BCUT2D eigenvalue weighted by molar-refractivity contribution is 0.825. The van der Waals surface area contributed by atoms with Gasteiger partial charge in [0.05, 0.1) is 0 Å². The monoisotopic (exact) mass is 200 g/mol. The van der Waals surface area contributed by atoms with Gasteiger partial charge < -0.3 is 0 Å². The van der Waals surface area contributed by atoms with E-state index < -0.39 is 0 Å². The van der Waals surface area contributed by atoms with Crippen LogP contribution in [0.15, 0.2) is 36.9 Å². The van der Waals surface area contributed by atoms with Crippen LogP contribution in [0.25, 0.3) is 11.6 Å². The average molecular weight is 200 g/mol. The second-order valence-electron chi connectivity index (χ2n) is 3.79. The number of unbranched alkanes of at least 4 members (excludes halogenated alkanes) is 1. The zero-order valence-corrected chi connectivity index (χ0v) is 9.79. The van der Waals surface area contributed by atoms with Crippen molar-refractivity contribution in [2.75, 3.05) is 0 Å². The van der Waals surface area contributed by atoms with Gasteiger partial charge in [-0.2, -0.15) is 0 Å². The van der Waals surface area contributed by atoms with Crippen LogP contribution >= 0.6 is 0 Å². The highest BCUT2D eigenvalue weighted by molar-refractivity contribution is 5.72. The molecule has 0 fully saturated rings. The molecule has 0 spiro atoms. The summed E-state index contributed by atoms with van der Waals surface area (Å²) >= 11 is 0. The van der Waals surface area contributed by atoms with Gasteiger partial charge in [-0.1, -0.05) is 56.3 Å². The topological polar surface area (TPSA) is 0 Å². The van der Waals surface area contributed by atoms with Crippen molar-refractivity contribution in [2.24, 2.45) is 0 Å². The average Bonchev–Trinajstić information content (AvgIpc) is 2.27. The molecule has 80 valence electrons. The first-order valence-corrected chi connectivity index (χ1v) is 5.69. The van der Waals surface area contributed by atoms with Crippen LogP contribution in [-0.2, 0) is 0 Å². The minimum absolute atomic E-state index is 1.10. The summed E-state index contributed by atoms with van der Waals surface area (Å²) in [6, 6.07) is 8.46. The van der Waals surface area contributed by atoms with Gasteiger partial charge in [0.15, 0.2) is 0 Å². The van der Waals surface area contributed by atoms with Crippen LogP contribution in [0.3, 0.4) is 0 Å². The van der Waals surface area contributed by atoms with Crippen LogP contribution in [0.1, 0.15) is 44.2 Å². The molecule has 0 saturated heterocycles. The van der Waals surface area contributed by atoms with Gasteiger partial charge in [0, 0.05) is 0 Å². The Kier molecular flexibility index (Phi) is 4.89. The van der Waals surface area contributed by atoms with Crippen molar-refractivity contribution >= 4 is 11.6 Å². The fourth-order valence-electron chi connectivity index (χ4n) is 1.67. The Morgan fingerprint density at radius 1 is 1.33 bits per heavy atom. The van der Waals surface area contributed by atoms with Crippen LogP contribution in [0.2, 0.25) is 0 Å². The van der Waals surface area contributed by atoms with Crippen molar-refractivity contribution in [1.29, 1.82) is 0 Å². The smallest absolute Gasteiger partial charge is 0.0158 e. The Labute approximate surface area is 93.3 Å². The van der Waals surface area contributed by atoms with E-state index in [1.807, 2.05) is 6.92 Å². The maximum atomic E-state index is 4.17.